The molecule has 0 bridgehead atoms. The van der Waals surface area contributed by atoms with Crippen LogP contribution in [0.15, 0.2) is 48.5 Å². The van der Waals surface area contributed by atoms with Crippen molar-refractivity contribution in [3.8, 4) is 11.1 Å². The summed E-state index contributed by atoms with van der Waals surface area (Å²) >= 11 is 0. The molecule has 2 aromatic carbocycles. The van der Waals surface area contributed by atoms with E-state index in [0.717, 1.165) is 11.1 Å². The lowest BCUT2D eigenvalue weighted by atomic mass is 9.98. The van der Waals surface area contributed by atoms with Crippen LogP contribution in [0, 0.1) is 5.92 Å². The number of hydrogen-bond acceptors (Lipinski definition) is 4. The molecule has 33 heavy (non-hydrogen) atoms. The second kappa shape index (κ2) is 11.5. The molecule has 0 heterocycles. The quantitative estimate of drug-likeness (QED) is 0.471. The van der Waals surface area contributed by atoms with Crippen LogP contribution >= 0.6 is 0 Å². The zero-order valence-electron chi connectivity index (χ0n) is 19.2. The van der Waals surface area contributed by atoms with Crippen molar-refractivity contribution in [3.63, 3.8) is 0 Å². The molecule has 7 heteroatoms. The van der Waals surface area contributed by atoms with E-state index in [1.807, 2.05) is 38.1 Å². The van der Waals surface area contributed by atoms with Crippen molar-refractivity contribution < 1.29 is 24.2 Å². The van der Waals surface area contributed by atoms with E-state index in [1.54, 1.807) is 0 Å². The Hall–Kier alpha value is -3.35. The van der Waals surface area contributed by atoms with Crippen molar-refractivity contribution in [1.29, 1.82) is 0 Å². The molecular weight excluding hydrogens is 420 g/mol. The average Bonchev–Trinajstić information content (AvgIpc) is 3.11. The molecule has 0 aliphatic heterocycles. The van der Waals surface area contributed by atoms with Gasteiger partial charge in [-0.05, 0) is 41.0 Å². The minimum atomic E-state index is -1.02. The molecule has 7 nitrogen and oxygen atoms in total. The molecule has 0 saturated carbocycles. The van der Waals surface area contributed by atoms with Gasteiger partial charge in [0, 0.05) is 18.9 Å². The topological polar surface area (TPSA) is 105 Å². The predicted octanol–water partition coefficient (Wildman–Crippen LogP) is 4.31. The first-order valence-corrected chi connectivity index (χ1v) is 11.5. The van der Waals surface area contributed by atoms with Crippen molar-refractivity contribution in [3.05, 3.63) is 59.7 Å². The molecule has 0 spiro atoms. The summed E-state index contributed by atoms with van der Waals surface area (Å²) in [6.07, 6.45) is 1.39. The van der Waals surface area contributed by atoms with Crippen LogP contribution < -0.4 is 10.6 Å². The van der Waals surface area contributed by atoms with Crippen LogP contribution in [-0.2, 0) is 14.3 Å². The number of amides is 2. The molecular formula is C26H32N2O5. The van der Waals surface area contributed by atoms with E-state index in [-0.39, 0.29) is 30.8 Å². The summed E-state index contributed by atoms with van der Waals surface area (Å²) in [4.78, 5) is 35.5. The zero-order chi connectivity index (χ0) is 23.8. The maximum Gasteiger partial charge on any atom is 0.407 e. The molecule has 1 aliphatic carbocycles. The summed E-state index contributed by atoms with van der Waals surface area (Å²) < 4.78 is 5.51. The van der Waals surface area contributed by atoms with Crippen LogP contribution in [0.3, 0.4) is 0 Å². The fraction of sp³-hybridized carbons (Fsp3) is 0.423. The van der Waals surface area contributed by atoms with Gasteiger partial charge in [-0.15, -0.1) is 0 Å². The van der Waals surface area contributed by atoms with Gasteiger partial charge in [-0.1, -0.05) is 68.8 Å². The third kappa shape index (κ3) is 6.34. The van der Waals surface area contributed by atoms with Gasteiger partial charge in [0.1, 0.15) is 12.6 Å². The maximum absolute atomic E-state index is 12.2. The fourth-order valence-corrected chi connectivity index (χ4v) is 4.29. The highest BCUT2D eigenvalue weighted by molar-refractivity contribution is 5.83. The van der Waals surface area contributed by atoms with Crippen molar-refractivity contribution in [2.75, 3.05) is 13.2 Å². The molecule has 3 N–H and O–H groups in total. The van der Waals surface area contributed by atoms with E-state index < -0.39 is 18.1 Å². The molecule has 2 aromatic rings. The summed E-state index contributed by atoms with van der Waals surface area (Å²) in [7, 11) is 0. The molecule has 2 amide bonds. The average molecular weight is 453 g/mol. The van der Waals surface area contributed by atoms with E-state index in [0.29, 0.717) is 25.8 Å². The number of carbonyl (C=O) groups excluding carboxylic acids is 2. The Balaban J connectivity index is 1.41. The molecule has 1 aliphatic rings. The van der Waals surface area contributed by atoms with Crippen LogP contribution in [0.1, 0.15) is 56.6 Å². The van der Waals surface area contributed by atoms with Gasteiger partial charge < -0.3 is 20.5 Å². The summed E-state index contributed by atoms with van der Waals surface area (Å²) in [5.41, 5.74) is 4.68. The van der Waals surface area contributed by atoms with Crippen molar-refractivity contribution in [2.24, 2.45) is 5.92 Å². The third-order valence-corrected chi connectivity index (χ3v) is 5.99. The summed E-state index contributed by atoms with van der Waals surface area (Å²) in [6, 6.07) is 15.5. The summed E-state index contributed by atoms with van der Waals surface area (Å²) in [5.74, 6) is -1.30. The molecule has 0 aromatic heterocycles. The Bertz CT molecular complexity index is 945. The molecule has 0 saturated heterocycles. The van der Waals surface area contributed by atoms with Crippen molar-refractivity contribution in [1.82, 2.24) is 10.6 Å². The Morgan fingerprint density at radius 3 is 2.18 bits per heavy atom. The van der Waals surface area contributed by atoms with E-state index in [1.165, 1.54) is 11.1 Å². The second-order valence-electron chi connectivity index (χ2n) is 8.60. The van der Waals surface area contributed by atoms with Gasteiger partial charge in [0.15, 0.2) is 0 Å². The normalized spacial score (nSPS) is 14.0. The first-order valence-electron chi connectivity index (χ1n) is 11.5. The lowest BCUT2D eigenvalue weighted by Crippen LogP contribution is -2.41. The number of aliphatic carboxylic acids is 1. The minimum Gasteiger partial charge on any atom is -0.480 e. The zero-order valence-corrected chi connectivity index (χ0v) is 19.2. The Morgan fingerprint density at radius 2 is 1.61 bits per heavy atom. The number of rotatable bonds is 11. The number of alkyl carbamates (subject to hydrolysis) is 1. The number of carbonyl (C=O) groups is 3. The van der Waals surface area contributed by atoms with E-state index in [9.17, 15) is 14.4 Å². The summed E-state index contributed by atoms with van der Waals surface area (Å²) in [6.45, 7) is 4.41. The van der Waals surface area contributed by atoms with Crippen molar-refractivity contribution >= 4 is 18.0 Å². The van der Waals surface area contributed by atoms with Gasteiger partial charge in [-0.3, -0.25) is 4.79 Å². The minimum absolute atomic E-state index is 0.00467. The second-order valence-corrected chi connectivity index (χ2v) is 8.60. The van der Waals surface area contributed by atoms with Gasteiger partial charge >= 0.3 is 12.1 Å². The van der Waals surface area contributed by atoms with E-state index in [2.05, 4.69) is 34.9 Å². The number of benzene rings is 2. The number of hydrogen-bond donors (Lipinski definition) is 3. The monoisotopic (exact) mass is 452 g/mol. The third-order valence-electron chi connectivity index (χ3n) is 5.99. The van der Waals surface area contributed by atoms with Gasteiger partial charge in [-0.25, -0.2) is 9.59 Å². The largest absolute Gasteiger partial charge is 0.480 e. The molecule has 3 rings (SSSR count). The van der Waals surface area contributed by atoms with Crippen molar-refractivity contribution in [2.45, 2.75) is 51.5 Å². The lowest BCUT2D eigenvalue weighted by molar-refractivity contribution is -0.142. The van der Waals surface area contributed by atoms with E-state index >= 15 is 0 Å². The standard InChI is InChI=1S/C26H32N2O5/c1-3-8-23(25(30)31)28-24(29)15-17(2)13-14-27-26(32)33-16-22-20-11-6-4-9-18(20)19-10-5-7-12-21(19)22/h4-7,9-12,17,22-23H,3,8,13-16H2,1-2H3,(H,27,32)(H,28,29)(H,30,31)/t17?,23-/m1/s1. The van der Waals surface area contributed by atoms with Gasteiger partial charge in [0.2, 0.25) is 5.91 Å². The van der Waals surface area contributed by atoms with Crippen LogP contribution in [0.4, 0.5) is 4.79 Å². The Kier molecular flexibility index (Phi) is 8.46. The maximum atomic E-state index is 12.2. The highest BCUT2D eigenvalue weighted by atomic mass is 16.5. The first-order chi connectivity index (χ1) is 15.9. The molecule has 1 unspecified atom stereocenters. The highest BCUT2D eigenvalue weighted by Crippen LogP contribution is 2.44. The smallest absolute Gasteiger partial charge is 0.407 e. The van der Waals surface area contributed by atoms with Crippen LogP contribution in [0.2, 0.25) is 0 Å². The van der Waals surface area contributed by atoms with Crippen LogP contribution in [-0.4, -0.2) is 42.3 Å². The predicted molar refractivity (Wildman–Crippen MR) is 126 cm³/mol. The molecule has 2 atom stereocenters. The van der Waals surface area contributed by atoms with Crippen LogP contribution in [0.25, 0.3) is 11.1 Å². The molecule has 0 radical (unpaired) electrons. The van der Waals surface area contributed by atoms with Gasteiger partial charge in [0.05, 0.1) is 0 Å². The van der Waals surface area contributed by atoms with Gasteiger partial charge in [-0.2, -0.15) is 0 Å². The van der Waals surface area contributed by atoms with Crippen LogP contribution in [0.5, 0.6) is 0 Å². The summed E-state index contributed by atoms with van der Waals surface area (Å²) in [5, 5.41) is 14.5. The SMILES string of the molecule is CCC[C@@H](NC(=O)CC(C)CCNC(=O)OCC1c2ccccc2-c2ccccc21)C(=O)O. The number of carboxylic acid groups (broad SMARTS) is 1. The molecule has 0 fully saturated rings. The number of carboxylic acids is 1. The Morgan fingerprint density at radius 1 is 1.00 bits per heavy atom. The lowest BCUT2D eigenvalue weighted by Gasteiger charge is -2.17. The molecule has 176 valence electrons. The fourth-order valence-electron chi connectivity index (χ4n) is 4.29. The number of nitrogens with one attached hydrogen (secondary N) is 2. The van der Waals surface area contributed by atoms with Gasteiger partial charge in [0.25, 0.3) is 0 Å². The first kappa shape index (κ1) is 24.3. The number of fused-ring (bicyclic) bond motifs is 3. The Labute approximate surface area is 194 Å². The highest BCUT2D eigenvalue weighted by Gasteiger charge is 2.29. The van der Waals surface area contributed by atoms with E-state index in [4.69, 9.17) is 9.84 Å². The number of ether oxygens (including phenoxy) is 1.